The third-order valence-electron chi connectivity index (χ3n) is 4.82. The van der Waals surface area contributed by atoms with Crippen molar-refractivity contribution < 1.29 is 14.4 Å². The lowest BCUT2D eigenvalue weighted by molar-refractivity contribution is -0.132. The maximum absolute atomic E-state index is 10.4. The number of nitrogens with one attached hydrogen (secondary N) is 1. The summed E-state index contributed by atoms with van der Waals surface area (Å²) in [4.78, 5) is 19.7. The molecule has 0 aliphatic carbocycles. The van der Waals surface area contributed by atoms with Crippen LogP contribution in [-0.4, -0.2) is 35.3 Å². The molecule has 1 aromatic heterocycles. The van der Waals surface area contributed by atoms with Crippen molar-refractivity contribution in [1.29, 1.82) is 0 Å². The van der Waals surface area contributed by atoms with Crippen LogP contribution in [0.4, 0.5) is 0 Å². The van der Waals surface area contributed by atoms with Gasteiger partial charge in [0.15, 0.2) is 5.84 Å². The number of nitrogens with zero attached hydrogens (tertiary/aromatic N) is 3. The average molecular weight is 364 g/mol. The van der Waals surface area contributed by atoms with E-state index in [-0.39, 0.29) is 6.61 Å². The van der Waals surface area contributed by atoms with Crippen molar-refractivity contribution in [3.8, 4) is 11.1 Å². The molecule has 3 aromatic rings. The minimum absolute atomic E-state index is 0.276. The molecule has 0 fully saturated rings. The number of ether oxygens (including phenoxy) is 1. The lowest BCUT2D eigenvalue weighted by Crippen LogP contribution is -2.40. The second kappa shape index (κ2) is 6.85. The Morgan fingerprint density at radius 2 is 2.15 bits per heavy atom. The molecule has 1 unspecified atom stereocenters. The van der Waals surface area contributed by atoms with Gasteiger partial charge in [-0.05, 0) is 35.7 Å². The smallest absolute Gasteiger partial charge is 0.320 e. The Morgan fingerprint density at radius 1 is 1.30 bits per heavy atom. The second-order valence-electron chi connectivity index (χ2n) is 6.73. The number of hydrogen-bond acceptors (Lipinski definition) is 6. The van der Waals surface area contributed by atoms with Crippen LogP contribution in [0.1, 0.15) is 12.5 Å². The normalized spacial score (nSPS) is 19.6. The van der Waals surface area contributed by atoms with Gasteiger partial charge in [-0.2, -0.15) is 5.10 Å². The largest absolute Gasteiger partial charge is 0.371 e. The minimum Gasteiger partial charge on any atom is -0.371 e. The summed E-state index contributed by atoms with van der Waals surface area (Å²) in [6, 6.07) is 14.4. The Kier molecular flexibility index (Phi) is 4.37. The van der Waals surface area contributed by atoms with E-state index in [1.165, 1.54) is 0 Å². The quantitative estimate of drug-likeness (QED) is 0.569. The predicted molar refractivity (Wildman–Crippen MR) is 102 cm³/mol. The van der Waals surface area contributed by atoms with E-state index in [0.717, 1.165) is 27.6 Å². The zero-order valence-corrected chi connectivity index (χ0v) is 15.2. The van der Waals surface area contributed by atoms with Gasteiger partial charge in [0.1, 0.15) is 12.1 Å². The number of hydroxylamine groups is 1. The van der Waals surface area contributed by atoms with Crippen LogP contribution in [0.2, 0.25) is 0 Å². The van der Waals surface area contributed by atoms with Crippen LogP contribution in [0.3, 0.4) is 0 Å². The summed E-state index contributed by atoms with van der Waals surface area (Å²) in [5.41, 5.74) is 6.25. The van der Waals surface area contributed by atoms with Crippen LogP contribution in [0.15, 0.2) is 53.7 Å². The standard InChI is InChI=1S/C20H20N4O3/c1-20(12-26-11-19(22-20)23-27-13-25)15-6-3-5-14(9-15)16-7-4-8-18-17(16)10-21-24(18)2/h3-10,13H,11-12H2,1-2H3,(H,22,23). The van der Waals surface area contributed by atoms with Gasteiger partial charge in [-0.15, -0.1) is 0 Å². The highest BCUT2D eigenvalue weighted by Gasteiger charge is 2.31. The molecular formula is C20H20N4O3. The van der Waals surface area contributed by atoms with Crippen LogP contribution in [0.5, 0.6) is 0 Å². The van der Waals surface area contributed by atoms with Crippen molar-refractivity contribution in [2.45, 2.75) is 12.5 Å². The maximum atomic E-state index is 10.4. The number of amidine groups is 1. The van der Waals surface area contributed by atoms with Gasteiger partial charge >= 0.3 is 6.47 Å². The third-order valence-corrected chi connectivity index (χ3v) is 4.82. The van der Waals surface area contributed by atoms with E-state index in [1.54, 1.807) is 0 Å². The van der Waals surface area contributed by atoms with Crippen LogP contribution >= 0.6 is 0 Å². The first-order valence-corrected chi connectivity index (χ1v) is 8.64. The molecule has 138 valence electrons. The van der Waals surface area contributed by atoms with Gasteiger partial charge in [0, 0.05) is 12.4 Å². The summed E-state index contributed by atoms with van der Waals surface area (Å²) in [7, 11) is 1.94. The Hall–Kier alpha value is -3.19. The van der Waals surface area contributed by atoms with E-state index in [4.69, 9.17) is 9.73 Å². The SMILES string of the molecule is Cn1ncc2c(-c3cccc(C4(C)COCC(NOC=O)=N4)c3)cccc21. The zero-order valence-electron chi connectivity index (χ0n) is 15.2. The molecule has 0 bridgehead atoms. The molecule has 0 saturated heterocycles. The molecule has 0 radical (unpaired) electrons. The molecular weight excluding hydrogens is 344 g/mol. The monoisotopic (exact) mass is 364 g/mol. The van der Waals surface area contributed by atoms with Gasteiger partial charge < -0.3 is 9.57 Å². The Balaban J connectivity index is 1.75. The highest BCUT2D eigenvalue weighted by molar-refractivity contribution is 5.94. The van der Waals surface area contributed by atoms with Crippen molar-refractivity contribution in [3.05, 3.63) is 54.2 Å². The number of benzene rings is 2. The van der Waals surface area contributed by atoms with Crippen LogP contribution in [0, 0.1) is 0 Å². The fraction of sp³-hybridized carbons (Fsp3) is 0.250. The van der Waals surface area contributed by atoms with Crippen molar-refractivity contribution in [3.63, 3.8) is 0 Å². The first-order valence-electron chi connectivity index (χ1n) is 8.64. The van der Waals surface area contributed by atoms with E-state index in [1.807, 2.05) is 43.0 Å². The number of fused-ring (bicyclic) bond motifs is 1. The zero-order chi connectivity index (χ0) is 18.9. The average Bonchev–Trinajstić information content (AvgIpc) is 3.08. The fourth-order valence-corrected chi connectivity index (χ4v) is 3.45. The lowest BCUT2D eigenvalue weighted by atomic mass is 9.89. The summed E-state index contributed by atoms with van der Waals surface area (Å²) in [5, 5.41) is 5.47. The van der Waals surface area contributed by atoms with E-state index in [9.17, 15) is 4.79 Å². The van der Waals surface area contributed by atoms with Crippen LogP contribution < -0.4 is 5.48 Å². The molecule has 2 heterocycles. The van der Waals surface area contributed by atoms with Gasteiger partial charge in [-0.1, -0.05) is 30.3 Å². The van der Waals surface area contributed by atoms with Gasteiger partial charge in [0.25, 0.3) is 0 Å². The van der Waals surface area contributed by atoms with Gasteiger partial charge in [0.2, 0.25) is 0 Å². The molecule has 7 nitrogen and oxygen atoms in total. The lowest BCUT2D eigenvalue weighted by Gasteiger charge is -2.31. The summed E-state index contributed by atoms with van der Waals surface area (Å²) in [5.74, 6) is 0.482. The highest BCUT2D eigenvalue weighted by atomic mass is 16.7. The fourth-order valence-electron chi connectivity index (χ4n) is 3.45. The predicted octanol–water partition coefficient (Wildman–Crippen LogP) is 2.56. The number of rotatable bonds is 4. The van der Waals surface area contributed by atoms with E-state index >= 15 is 0 Å². The van der Waals surface area contributed by atoms with E-state index < -0.39 is 5.54 Å². The number of carbonyl (C=O) groups is 1. The Bertz CT molecular complexity index is 1030. The minimum atomic E-state index is -0.578. The molecule has 0 saturated carbocycles. The summed E-state index contributed by atoms with van der Waals surface area (Å²) < 4.78 is 7.54. The number of aliphatic imine (C=N–C) groups is 1. The first-order chi connectivity index (χ1) is 13.1. The number of aryl methyl sites for hydroxylation is 1. The maximum Gasteiger partial charge on any atom is 0.320 e. The Labute approximate surface area is 156 Å². The third kappa shape index (κ3) is 3.17. The van der Waals surface area contributed by atoms with Crippen molar-refractivity contribution in [1.82, 2.24) is 15.3 Å². The number of aromatic nitrogens is 2. The number of hydrogen-bond donors (Lipinski definition) is 1. The molecule has 1 aliphatic rings. The second-order valence-corrected chi connectivity index (χ2v) is 6.73. The first kappa shape index (κ1) is 17.2. The molecule has 2 aromatic carbocycles. The molecule has 27 heavy (non-hydrogen) atoms. The van der Waals surface area contributed by atoms with Crippen LogP contribution in [-0.2, 0) is 27.0 Å². The van der Waals surface area contributed by atoms with Crippen LogP contribution in [0.25, 0.3) is 22.0 Å². The van der Waals surface area contributed by atoms with Crippen molar-refractivity contribution in [2.24, 2.45) is 12.0 Å². The van der Waals surface area contributed by atoms with Gasteiger partial charge in [-0.3, -0.25) is 14.5 Å². The number of carbonyl (C=O) groups excluding carboxylic acids is 1. The molecule has 0 amide bonds. The van der Waals surface area contributed by atoms with Crippen molar-refractivity contribution in [2.75, 3.05) is 13.2 Å². The molecule has 1 atom stereocenters. The van der Waals surface area contributed by atoms with Crippen molar-refractivity contribution >= 4 is 23.2 Å². The van der Waals surface area contributed by atoms with E-state index in [0.29, 0.717) is 18.9 Å². The summed E-state index contributed by atoms with van der Waals surface area (Å²) >= 11 is 0. The molecule has 7 heteroatoms. The Morgan fingerprint density at radius 3 is 3.00 bits per heavy atom. The summed E-state index contributed by atoms with van der Waals surface area (Å²) in [6.07, 6.45) is 1.89. The molecule has 1 N–H and O–H groups in total. The summed E-state index contributed by atoms with van der Waals surface area (Å²) in [6.45, 7) is 3.04. The molecule has 0 spiro atoms. The molecule has 1 aliphatic heterocycles. The highest BCUT2D eigenvalue weighted by Crippen LogP contribution is 2.34. The van der Waals surface area contributed by atoms with E-state index in [2.05, 4.69) is 39.7 Å². The molecule has 4 rings (SSSR count). The van der Waals surface area contributed by atoms with Gasteiger partial charge in [0.05, 0.1) is 18.3 Å². The van der Waals surface area contributed by atoms with Gasteiger partial charge in [-0.25, -0.2) is 5.48 Å². The topological polar surface area (TPSA) is 77.7 Å².